The van der Waals surface area contributed by atoms with E-state index in [1.807, 2.05) is 0 Å². The largest absolute Gasteiger partial charge is 0.390 e. The van der Waals surface area contributed by atoms with Crippen molar-refractivity contribution in [2.45, 2.75) is 38.7 Å². The fourth-order valence-electron chi connectivity index (χ4n) is 2.56. The lowest BCUT2D eigenvalue weighted by Gasteiger charge is -2.46. The molecule has 94 valence electrons. The Labute approximate surface area is 100 Å². The maximum absolute atomic E-state index is 13.0. The van der Waals surface area contributed by atoms with Crippen molar-refractivity contribution in [3.8, 4) is 0 Å². The molecule has 2 rings (SSSR count). The molecule has 0 heterocycles. The average Bonchev–Trinajstić information content (AvgIpc) is 2.19. The van der Waals surface area contributed by atoms with Gasteiger partial charge in [-0.2, -0.15) is 0 Å². The molecule has 0 unspecified atom stereocenters. The highest BCUT2D eigenvalue weighted by molar-refractivity contribution is 5.21. The van der Waals surface area contributed by atoms with Gasteiger partial charge < -0.3 is 5.11 Å². The van der Waals surface area contributed by atoms with Gasteiger partial charge >= 0.3 is 0 Å². The quantitative estimate of drug-likeness (QED) is 0.859. The van der Waals surface area contributed by atoms with Crippen LogP contribution in [0.15, 0.2) is 18.2 Å². The zero-order chi connectivity index (χ0) is 12.6. The third kappa shape index (κ3) is 2.65. The van der Waals surface area contributed by atoms with E-state index in [4.69, 9.17) is 0 Å². The van der Waals surface area contributed by atoms with Gasteiger partial charge in [-0.15, -0.1) is 0 Å². The fourth-order valence-corrected chi connectivity index (χ4v) is 2.56. The van der Waals surface area contributed by atoms with Crippen LogP contribution in [0.4, 0.5) is 8.78 Å². The van der Waals surface area contributed by atoms with Crippen LogP contribution in [-0.2, 0) is 6.42 Å². The summed E-state index contributed by atoms with van der Waals surface area (Å²) in [7, 11) is 0. The van der Waals surface area contributed by atoms with Crippen LogP contribution in [0.5, 0.6) is 0 Å². The standard InChI is InChI=1S/C14H18F2O/c1-9(2)11-7-14(17,8-11)6-10-3-4-12(15)13(16)5-10/h3-5,9,11,17H,6-8H2,1-2H3. The monoisotopic (exact) mass is 240 g/mol. The summed E-state index contributed by atoms with van der Waals surface area (Å²) in [6.07, 6.45) is 1.92. The number of benzene rings is 1. The number of hydrogen-bond acceptors (Lipinski definition) is 1. The molecule has 0 spiro atoms. The van der Waals surface area contributed by atoms with E-state index in [2.05, 4.69) is 13.8 Å². The van der Waals surface area contributed by atoms with Gasteiger partial charge in [0.2, 0.25) is 0 Å². The van der Waals surface area contributed by atoms with Crippen molar-refractivity contribution in [1.82, 2.24) is 0 Å². The predicted octanol–water partition coefficient (Wildman–Crippen LogP) is 3.30. The first-order chi connectivity index (χ1) is 7.89. The predicted molar refractivity (Wildman–Crippen MR) is 62.6 cm³/mol. The van der Waals surface area contributed by atoms with E-state index in [0.717, 1.165) is 18.9 Å². The maximum Gasteiger partial charge on any atom is 0.159 e. The second kappa shape index (κ2) is 4.37. The summed E-state index contributed by atoms with van der Waals surface area (Å²) in [5.74, 6) is -0.564. The molecule has 0 amide bonds. The lowest BCUT2D eigenvalue weighted by Crippen LogP contribution is -2.47. The molecule has 1 saturated carbocycles. The molecule has 0 atom stereocenters. The van der Waals surface area contributed by atoms with E-state index >= 15 is 0 Å². The molecule has 3 heteroatoms. The minimum Gasteiger partial charge on any atom is -0.390 e. The van der Waals surface area contributed by atoms with E-state index in [0.29, 0.717) is 23.8 Å². The van der Waals surface area contributed by atoms with Crippen LogP contribution < -0.4 is 0 Å². The van der Waals surface area contributed by atoms with E-state index in [1.165, 1.54) is 6.07 Å². The van der Waals surface area contributed by atoms with E-state index in [1.54, 1.807) is 6.07 Å². The van der Waals surface area contributed by atoms with Crippen molar-refractivity contribution in [2.75, 3.05) is 0 Å². The van der Waals surface area contributed by atoms with Crippen molar-refractivity contribution < 1.29 is 13.9 Å². The Morgan fingerprint density at radius 3 is 2.47 bits per heavy atom. The summed E-state index contributed by atoms with van der Waals surface area (Å²) in [6, 6.07) is 3.84. The Hall–Kier alpha value is -0.960. The Bertz CT molecular complexity index is 409. The van der Waals surface area contributed by atoms with Crippen LogP contribution in [0.3, 0.4) is 0 Å². The van der Waals surface area contributed by atoms with E-state index < -0.39 is 17.2 Å². The van der Waals surface area contributed by atoms with E-state index in [-0.39, 0.29) is 0 Å². The van der Waals surface area contributed by atoms with Gasteiger partial charge in [0.25, 0.3) is 0 Å². The van der Waals surface area contributed by atoms with Gasteiger partial charge in [-0.25, -0.2) is 8.78 Å². The third-order valence-electron chi connectivity index (χ3n) is 3.74. The molecule has 0 aromatic heterocycles. The molecule has 0 bridgehead atoms. The molecule has 1 nitrogen and oxygen atoms in total. The summed E-state index contributed by atoms with van der Waals surface area (Å²) >= 11 is 0. The SMILES string of the molecule is CC(C)C1CC(O)(Cc2ccc(F)c(F)c2)C1. The van der Waals surface area contributed by atoms with Gasteiger partial charge in [0.05, 0.1) is 5.60 Å². The van der Waals surface area contributed by atoms with Crippen molar-refractivity contribution in [3.05, 3.63) is 35.4 Å². The molecule has 0 aliphatic heterocycles. The summed E-state index contributed by atoms with van der Waals surface area (Å²) in [4.78, 5) is 0. The van der Waals surface area contributed by atoms with Crippen LogP contribution >= 0.6 is 0 Å². The topological polar surface area (TPSA) is 20.2 Å². The highest BCUT2D eigenvalue weighted by atomic mass is 19.2. The number of hydrogen-bond donors (Lipinski definition) is 1. The summed E-state index contributed by atoms with van der Waals surface area (Å²) < 4.78 is 25.8. The smallest absolute Gasteiger partial charge is 0.159 e. The van der Waals surface area contributed by atoms with E-state index in [9.17, 15) is 13.9 Å². The molecule has 1 aliphatic rings. The van der Waals surface area contributed by atoms with Gasteiger partial charge in [-0.05, 0) is 42.4 Å². The Morgan fingerprint density at radius 2 is 1.94 bits per heavy atom. The normalized spacial score (nSPS) is 28.2. The Morgan fingerprint density at radius 1 is 1.29 bits per heavy atom. The number of halogens is 2. The third-order valence-corrected chi connectivity index (χ3v) is 3.74. The van der Waals surface area contributed by atoms with Gasteiger partial charge in [-0.1, -0.05) is 19.9 Å². The van der Waals surface area contributed by atoms with Crippen molar-refractivity contribution >= 4 is 0 Å². The van der Waals surface area contributed by atoms with Crippen LogP contribution in [0.2, 0.25) is 0 Å². The molecule has 1 fully saturated rings. The highest BCUT2D eigenvalue weighted by Crippen LogP contribution is 2.43. The van der Waals surface area contributed by atoms with Crippen molar-refractivity contribution in [2.24, 2.45) is 11.8 Å². The summed E-state index contributed by atoms with van der Waals surface area (Å²) in [6.45, 7) is 4.28. The number of aliphatic hydroxyl groups is 1. The summed E-state index contributed by atoms with van der Waals surface area (Å²) in [5.41, 5.74) is -0.0623. The first-order valence-electron chi connectivity index (χ1n) is 6.06. The molecule has 1 N–H and O–H groups in total. The Kier molecular flexibility index (Phi) is 3.21. The zero-order valence-corrected chi connectivity index (χ0v) is 10.2. The van der Waals surface area contributed by atoms with Crippen molar-refractivity contribution in [1.29, 1.82) is 0 Å². The van der Waals surface area contributed by atoms with Gasteiger partial charge in [0, 0.05) is 6.42 Å². The second-order valence-corrected chi connectivity index (χ2v) is 5.56. The van der Waals surface area contributed by atoms with Crippen LogP contribution in [-0.4, -0.2) is 10.7 Å². The lowest BCUT2D eigenvalue weighted by molar-refractivity contribution is -0.0860. The van der Waals surface area contributed by atoms with Crippen LogP contribution in [0.25, 0.3) is 0 Å². The average molecular weight is 240 g/mol. The minimum atomic E-state index is -0.842. The molecule has 17 heavy (non-hydrogen) atoms. The fraction of sp³-hybridized carbons (Fsp3) is 0.571. The van der Waals surface area contributed by atoms with Crippen LogP contribution in [0, 0.1) is 23.5 Å². The van der Waals surface area contributed by atoms with Crippen molar-refractivity contribution in [3.63, 3.8) is 0 Å². The first kappa shape index (κ1) is 12.5. The first-order valence-corrected chi connectivity index (χ1v) is 6.06. The Balaban J connectivity index is 2.00. The van der Waals surface area contributed by atoms with Gasteiger partial charge in [0.1, 0.15) is 0 Å². The lowest BCUT2D eigenvalue weighted by atomic mass is 9.64. The van der Waals surface area contributed by atoms with Gasteiger partial charge in [-0.3, -0.25) is 0 Å². The molecule has 1 aromatic carbocycles. The highest BCUT2D eigenvalue weighted by Gasteiger charge is 2.43. The van der Waals surface area contributed by atoms with Gasteiger partial charge in [0.15, 0.2) is 11.6 Å². The molecular weight excluding hydrogens is 222 g/mol. The maximum atomic E-state index is 13.0. The molecule has 1 aromatic rings. The second-order valence-electron chi connectivity index (χ2n) is 5.56. The minimum absolute atomic E-state index is 0.410. The summed E-state index contributed by atoms with van der Waals surface area (Å²) in [5, 5.41) is 10.2. The number of rotatable bonds is 3. The molecule has 0 radical (unpaired) electrons. The zero-order valence-electron chi connectivity index (χ0n) is 10.2. The molecule has 1 aliphatic carbocycles. The van der Waals surface area contributed by atoms with Crippen LogP contribution in [0.1, 0.15) is 32.3 Å². The molecule has 0 saturated heterocycles. The molecular formula is C14H18F2O.